The Hall–Kier alpha value is -0.570. The van der Waals surface area contributed by atoms with E-state index in [0.29, 0.717) is 23.8 Å². The van der Waals surface area contributed by atoms with Crippen LogP contribution in [0.25, 0.3) is 0 Å². The quantitative estimate of drug-likeness (QED) is 0.839. The van der Waals surface area contributed by atoms with Gasteiger partial charge >= 0.3 is 0 Å². The molecule has 3 N–H and O–H groups in total. The monoisotopic (exact) mass is 290 g/mol. The van der Waals surface area contributed by atoms with E-state index in [1.165, 1.54) is 44.9 Å². The number of carbonyl (C=O) groups excluding carboxylic acids is 1. The first-order valence-electron chi connectivity index (χ1n) is 9.24. The average Bonchev–Trinajstić information content (AvgIpc) is 3.07. The fourth-order valence-electron chi connectivity index (χ4n) is 6.01. The highest BCUT2D eigenvalue weighted by Gasteiger charge is 2.42. The van der Waals surface area contributed by atoms with Crippen LogP contribution in [0.4, 0.5) is 0 Å². The Morgan fingerprint density at radius 3 is 2.33 bits per heavy atom. The molecule has 21 heavy (non-hydrogen) atoms. The molecule has 118 valence electrons. The van der Waals surface area contributed by atoms with Crippen LogP contribution in [0.5, 0.6) is 0 Å². The standard InChI is InChI=1S/C18H30N2O/c19-17-13-2-1-3-14(17)9-15(8-13)18(21)20-10-16-7-11-4-5-12(16)6-11/h11-17H,1-10,19H2,(H,20,21). The van der Waals surface area contributed by atoms with E-state index in [-0.39, 0.29) is 5.92 Å². The van der Waals surface area contributed by atoms with Crippen LogP contribution in [0, 0.1) is 35.5 Å². The van der Waals surface area contributed by atoms with Crippen molar-refractivity contribution < 1.29 is 4.79 Å². The van der Waals surface area contributed by atoms with Gasteiger partial charge in [-0.05, 0) is 74.5 Å². The molecule has 4 fully saturated rings. The van der Waals surface area contributed by atoms with Crippen molar-refractivity contribution in [2.75, 3.05) is 6.54 Å². The lowest BCUT2D eigenvalue weighted by Crippen LogP contribution is -2.49. The van der Waals surface area contributed by atoms with E-state index in [1.54, 1.807) is 0 Å². The Balaban J connectivity index is 1.29. The minimum absolute atomic E-state index is 0.249. The Kier molecular flexibility index (Phi) is 3.72. The second-order valence-electron chi connectivity index (χ2n) is 8.38. The Labute approximate surface area is 128 Å². The van der Waals surface area contributed by atoms with Gasteiger partial charge in [0.2, 0.25) is 5.91 Å². The van der Waals surface area contributed by atoms with Crippen molar-refractivity contribution in [3.63, 3.8) is 0 Å². The molecular formula is C18H30N2O. The molecule has 4 rings (SSSR count). The van der Waals surface area contributed by atoms with Gasteiger partial charge in [-0.2, -0.15) is 0 Å². The van der Waals surface area contributed by atoms with E-state index < -0.39 is 0 Å². The van der Waals surface area contributed by atoms with Crippen molar-refractivity contribution in [1.82, 2.24) is 5.32 Å². The molecule has 5 unspecified atom stereocenters. The molecule has 0 aromatic heterocycles. The van der Waals surface area contributed by atoms with Gasteiger partial charge in [0.05, 0.1) is 0 Å². The maximum absolute atomic E-state index is 12.5. The Bertz CT molecular complexity index is 396. The summed E-state index contributed by atoms with van der Waals surface area (Å²) in [6, 6.07) is 0.369. The predicted molar refractivity (Wildman–Crippen MR) is 83.5 cm³/mol. The van der Waals surface area contributed by atoms with Crippen LogP contribution in [0.3, 0.4) is 0 Å². The van der Waals surface area contributed by atoms with Gasteiger partial charge in [-0.3, -0.25) is 4.79 Å². The Morgan fingerprint density at radius 2 is 1.71 bits per heavy atom. The molecule has 3 heteroatoms. The molecule has 0 radical (unpaired) electrons. The fourth-order valence-corrected chi connectivity index (χ4v) is 6.01. The third-order valence-corrected chi connectivity index (χ3v) is 7.21. The summed E-state index contributed by atoms with van der Waals surface area (Å²) in [5.41, 5.74) is 6.33. The lowest BCUT2D eigenvalue weighted by atomic mass is 9.65. The van der Waals surface area contributed by atoms with Crippen molar-refractivity contribution in [2.45, 2.75) is 63.8 Å². The van der Waals surface area contributed by atoms with Gasteiger partial charge in [0.1, 0.15) is 0 Å². The fraction of sp³-hybridized carbons (Fsp3) is 0.944. The van der Waals surface area contributed by atoms with Crippen molar-refractivity contribution in [2.24, 2.45) is 41.2 Å². The third kappa shape index (κ3) is 2.62. The molecule has 0 aromatic rings. The second-order valence-corrected chi connectivity index (χ2v) is 8.38. The van der Waals surface area contributed by atoms with Gasteiger partial charge in [-0.15, -0.1) is 0 Å². The van der Waals surface area contributed by atoms with Gasteiger partial charge < -0.3 is 11.1 Å². The van der Waals surface area contributed by atoms with E-state index in [1.807, 2.05) is 0 Å². The zero-order chi connectivity index (χ0) is 14.4. The molecule has 1 amide bonds. The molecule has 4 saturated carbocycles. The molecule has 0 spiro atoms. The number of amides is 1. The molecule has 5 atom stereocenters. The van der Waals surface area contributed by atoms with Gasteiger partial charge in [-0.1, -0.05) is 12.8 Å². The number of nitrogens with one attached hydrogen (secondary N) is 1. The first kappa shape index (κ1) is 14.0. The summed E-state index contributed by atoms with van der Waals surface area (Å²) >= 11 is 0. The average molecular weight is 290 g/mol. The molecule has 3 nitrogen and oxygen atoms in total. The molecule has 0 aromatic carbocycles. The van der Waals surface area contributed by atoms with Gasteiger partial charge in [0.15, 0.2) is 0 Å². The second kappa shape index (κ2) is 5.57. The number of nitrogens with two attached hydrogens (primary N) is 1. The normalized spacial score (nSPS) is 48.3. The van der Waals surface area contributed by atoms with Crippen LogP contribution in [0.15, 0.2) is 0 Å². The van der Waals surface area contributed by atoms with E-state index >= 15 is 0 Å². The summed E-state index contributed by atoms with van der Waals surface area (Å²) in [5.74, 6) is 4.46. The van der Waals surface area contributed by atoms with Crippen molar-refractivity contribution >= 4 is 5.91 Å². The van der Waals surface area contributed by atoms with E-state index in [2.05, 4.69) is 5.32 Å². The maximum atomic E-state index is 12.5. The smallest absolute Gasteiger partial charge is 0.223 e. The first-order chi connectivity index (χ1) is 10.2. The van der Waals surface area contributed by atoms with Gasteiger partial charge in [-0.25, -0.2) is 0 Å². The number of carbonyl (C=O) groups is 1. The highest BCUT2D eigenvalue weighted by atomic mass is 16.1. The number of hydrogen-bond acceptors (Lipinski definition) is 2. The van der Waals surface area contributed by atoms with Gasteiger partial charge in [0, 0.05) is 18.5 Å². The van der Waals surface area contributed by atoms with Crippen molar-refractivity contribution in [3.05, 3.63) is 0 Å². The number of rotatable bonds is 3. The lowest BCUT2D eigenvalue weighted by Gasteiger charge is -2.43. The van der Waals surface area contributed by atoms with Crippen LogP contribution in [0.2, 0.25) is 0 Å². The molecule has 4 aliphatic rings. The van der Waals surface area contributed by atoms with Crippen LogP contribution >= 0.6 is 0 Å². The summed E-state index contributed by atoms with van der Waals surface area (Å²) in [6.45, 7) is 0.942. The zero-order valence-corrected chi connectivity index (χ0v) is 13.1. The number of fused-ring (bicyclic) bond motifs is 4. The largest absolute Gasteiger partial charge is 0.356 e. The van der Waals surface area contributed by atoms with Crippen molar-refractivity contribution in [3.8, 4) is 0 Å². The molecular weight excluding hydrogens is 260 g/mol. The first-order valence-corrected chi connectivity index (χ1v) is 9.24. The lowest BCUT2D eigenvalue weighted by molar-refractivity contribution is -0.128. The van der Waals surface area contributed by atoms with E-state index in [9.17, 15) is 4.79 Å². The topological polar surface area (TPSA) is 55.1 Å². The molecule has 4 bridgehead atoms. The minimum atomic E-state index is 0.249. The summed E-state index contributed by atoms with van der Waals surface area (Å²) < 4.78 is 0. The molecule has 4 aliphatic carbocycles. The Morgan fingerprint density at radius 1 is 0.952 bits per heavy atom. The van der Waals surface area contributed by atoms with E-state index in [0.717, 1.165) is 37.1 Å². The van der Waals surface area contributed by atoms with Gasteiger partial charge in [0.25, 0.3) is 0 Å². The van der Waals surface area contributed by atoms with Crippen LogP contribution in [-0.2, 0) is 4.79 Å². The molecule has 0 heterocycles. The molecule has 0 aliphatic heterocycles. The third-order valence-electron chi connectivity index (χ3n) is 7.21. The van der Waals surface area contributed by atoms with Crippen LogP contribution in [-0.4, -0.2) is 18.5 Å². The highest BCUT2D eigenvalue weighted by Crippen LogP contribution is 2.48. The maximum Gasteiger partial charge on any atom is 0.223 e. The number of hydrogen-bond donors (Lipinski definition) is 2. The zero-order valence-electron chi connectivity index (χ0n) is 13.1. The summed E-state index contributed by atoms with van der Waals surface area (Å²) in [6.07, 6.45) is 11.5. The SMILES string of the molecule is NC1C2CCCC1CC(C(=O)NCC1CC3CCC1C3)C2. The van der Waals surface area contributed by atoms with Crippen LogP contribution in [0.1, 0.15) is 57.8 Å². The summed E-state index contributed by atoms with van der Waals surface area (Å²) in [4.78, 5) is 12.5. The summed E-state index contributed by atoms with van der Waals surface area (Å²) in [7, 11) is 0. The van der Waals surface area contributed by atoms with Crippen molar-refractivity contribution in [1.29, 1.82) is 0 Å². The minimum Gasteiger partial charge on any atom is -0.356 e. The van der Waals surface area contributed by atoms with E-state index in [4.69, 9.17) is 5.73 Å². The van der Waals surface area contributed by atoms with Crippen LogP contribution < -0.4 is 11.1 Å². The highest BCUT2D eigenvalue weighted by molar-refractivity contribution is 5.78. The summed E-state index contributed by atoms with van der Waals surface area (Å²) in [5, 5.41) is 3.30. The predicted octanol–water partition coefficient (Wildman–Crippen LogP) is 2.69. The molecule has 0 saturated heterocycles.